The van der Waals surface area contributed by atoms with Crippen molar-refractivity contribution in [2.24, 2.45) is 0 Å². The molecule has 2 aliphatic heterocycles. The molecule has 4 heterocycles. The molecule has 1 aromatic carbocycles. The van der Waals surface area contributed by atoms with Crippen molar-refractivity contribution in [3.8, 4) is 56.9 Å². The lowest BCUT2D eigenvalue weighted by Gasteiger charge is -2.45. The maximum Gasteiger partial charge on any atom is 0.234 e. The van der Waals surface area contributed by atoms with E-state index in [-0.39, 0.29) is 11.1 Å². The second kappa shape index (κ2) is 10.1. The monoisotopic (exact) mass is 588 g/mol. The highest BCUT2D eigenvalue weighted by Gasteiger charge is 2.48. The van der Waals surface area contributed by atoms with Gasteiger partial charge in [0, 0.05) is 34.4 Å². The van der Waals surface area contributed by atoms with E-state index in [1.807, 2.05) is 24.3 Å². The smallest absolute Gasteiger partial charge is 0.234 e. The zero-order chi connectivity index (χ0) is 28.9. The fourth-order valence-corrected chi connectivity index (χ4v) is 8.81. The third-order valence-electron chi connectivity index (χ3n) is 8.78. The third-order valence-corrected chi connectivity index (χ3v) is 10.8. The number of thiazole rings is 2. The van der Waals surface area contributed by atoms with Crippen LogP contribution in [-0.4, -0.2) is 9.97 Å². The molecule has 206 valence electrons. The van der Waals surface area contributed by atoms with Crippen LogP contribution in [0.4, 0.5) is 0 Å². The van der Waals surface area contributed by atoms with Gasteiger partial charge in [-0.3, -0.25) is 0 Å². The zero-order valence-corrected chi connectivity index (χ0v) is 24.3. The highest BCUT2D eigenvalue weighted by atomic mass is 32.1. The van der Waals surface area contributed by atoms with Gasteiger partial charge in [0.05, 0.1) is 9.75 Å². The molecule has 0 saturated heterocycles. The molecule has 0 amide bonds. The van der Waals surface area contributed by atoms with E-state index < -0.39 is 11.2 Å². The van der Waals surface area contributed by atoms with Crippen LogP contribution < -0.4 is 9.47 Å². The van der Waals surface area contributed by atoms with Crippen molar-refractivity contribution < 1.29 is 9.47 Å². The second-order valence-corrected chi connectivity index (χ2v) is 13.3. The number of rotatable bonds is 2. The summed E-state index contributed by atoms with van der Waals surface area (Å²) in [5, 5.41) is 38.5. The van der Waals surface area contributed by atoms with Gasteiger partial charge in [-0.15, -0.1) is 22.7 Å². The fraction of sp³-hybridized carbons (Fsp3) is 0.375. The van der Waals surface area contributed by atoms with Crippen LogP contribution in [0.3, 0.4) is 0 Å². The molecule has 0 N–H and O–H groups in total. The predicted octanol–water partition coefficient (Wildman–Crippen LogP) is 7.90. The van der Waals surface area contributed by atoms with Gasteiger partial charge in [-0.25, -0.2) is 9.97 Å². The largest absolute Gasteiger partial charge is 0.465 e. The number of nitrogens with zero attached hydrogens (tertiary/aromatic N) is 6. The van der Waals surface area contributed by atoms with E-state index in [2.05, 4.69) is 12.1 Å². The molecule has 0 radical (unpaired) electrons. The van der Waals surface area contributed by atoms with Gasteiger partial charge in [0.1, 0.15) is 56.6 Å². The molecular weight excluding hydrogens is 565 g/mol. The van der Waals surface area contributed by atoms with Gasteiger partial charge in [0.15, 0.2) is 0 Å². The SMILES string of the molecule is N#CC(C#N)=Cc1nc2c(s1)-c1cc3c(cc1C1(CCCCC1)O2)-c1sc(C=C(C#N)C#N)nc1OC31CCCCC1. The Morgan fingerprint density at radius 2 is 1.02 bits per heavy atom. The number of hydrogen-bond acceptors (Lipinski definition) is 10. The standard InChI is InChI=1S/C32H24N6O2S2/c33-15-19(16-34)11-25-37-29-27(41-25)21-14-24-22(13-23(21)31(39-29)7-3-1-4-8-31)28-30(40-32(24)9-5-2-6-10-32)38-26(42-28)12-20(17-35)18-36/h11-14H,1-10H2. The van der Waals surface area contributed by atoms with Gasteiger partial charge in [0.2, 0.25) is 11.8 Å². The Bertz CT molecular complexity index is 1690. The normalized spacial score (nSPS) is 18.2. The van der Waals surface area contributed by atoms with Crippen molar-refractivity contribution in [2.45, 2.75) is 75.4 Å². The summed E-state index contributed by atoms with van der Waals surface area (Å²) in [6, 6.07) is 12.3. The summed E-state index contributed by atoms with van der Waals surface area (Å²) in [7, 11) is 0. The predicted molar refractivity (Wildman–Crippen MR) is 158 cm³/mol. The minimum Gasteiger partial charge on any atom is -0.465 e. The average Bonchev–Trinajstić information content (AvgIpc) is 3.62. The van der Waals surface area contributed by atoms with E-state index in [9.17, 15) is 21.0 Å². The average molecular weight is 589 g/mol. The lowest BCUT2D eigenvalue weighted by molar-refractivity contribution is 0.0162. The summed E-state index contributed by atoms with van der Waals surface area (Å²) in [6.45, 7) is 0. The van der Waals surface area contributed by atoms with Crippen molar-refractivity contribution in [2.75, 3.05) is 0 Å². The number of aromatic nitrogens is 2. The van der Waals surface area contributed by atoms with Gasteiger partial charge in [-0.2, -0.15) is 21.0 Å². The number of hydrogen-bond donors (Lipinski definition) is 0. The Morgan fingerprint density at radius 1 is 0.643 bits per heavy atom. The number of ether oxygens (including phenoxy) is 2. The van der Waals surface area contributed by atoms with Crippen molar-refractivity contribution in [1.82, 2.24) is 9.97 Å². The number of fused-ring (bicyclic) bond motifs is 8. The number of benzene rings is 1. The summed E-state index contributed by atoms with van der Waals surface area (Å²) in [5.41, 5.74) is 3.42. The zero-order valence-electron chi connectivity index (χ0n) is 22.7. The Labute approximate surface area is 251 Å². The fourth-order valence-electron chi connectivity index (χ4n) is 6.87. The summed E-state index contributed by atoms with van der Waals surface area (Å²) >= 11 is 2.87. The molecule has 2 aromatic heterocycles. The van der Waals surface area contributed by atoms with Crippen molar-refractivity contribution in [3.63, 3.8) is 0 Å². The molecule has 3 aromatic rings. The van der Waals surface area contributed by atoms with Crippen molar-refractivity contribution in [3.05, 3.63) is 44.4 Å². The Balaban J connectivity index is 1.47. The van der Waals surface area contributed by atoms with Crippen LogP contribution in [0.25, 0.3) is 33.0 Å². The molecule has 2 aliphatic carbocycles. The van der Waals surface area contributed by atoms with Gasteiger partial charge < -0.3 is 9.47 Å². The lowest BCUT2D eigenvalue weighted by atomic mass is 9.71. The highest BCUT2D eigenvalue weighted by molar-refractivity contribution is 7.16. The summed E-state index contributed by atoms with van der Waals surface area (Å²) < 4.78 is 13.6. The summed E-state index contributed by atoms with van der Waals surface area (Å²) in [4.78, 5) is 11.3. The van der Waals surface area contributed by atoms with Crippen LogP contribution in [0, 0.1) is 45.3 Å². The lowest BCUT2D eigenvalue weighted by Crippen LogP contribution is -2.40. The van der Waals surface area contributed by atoms with Gasteiger partial charge >= 0.3 is 0 Å². The van der Waals surface area contributed by atoms with Crippen molar-refractivity contribution in [1.29, 1.82) is 21.0 Å². The Morgan fingerprint density at radius 3 is 1.38 bits per heavy atom. The molecule has 8 nitrogen and oxygen atoms in total. The van der Waals surface area contributed by atoms with E-state index in [0.29, 0.717) is 21.8 Å². The van der Waals surface area contributed by atoms with Gasteiger partial charge in [-0.1, -0.05) is 12.8 Å². The topological polar surface area (TPSA) is 139 Å². The molecule has 4 aliphatic rings. The van der Waals surface area contributed by atoms with Crippen LogP contribution in [0.15, 0.2) is 23.3 Å². The molecular formula is C32H24N6O2S2. The molecule has 42 heavy (non-hydrogen) atoms. The Kier molecular flexibility index (Phi) is 6.36. The molecule has 0 atom stereocenters. The first-order valence-corrected chi connectivity index (χ1v) is 15.8. The Hall–Kier alpha value is -4.48. The molecule has 2 saturated carbocycles. The quantitative estimate of drug-likeness (QED) is 0.275. The first kappa shape index (κ1) is 26.4. The minimum absolute atomic E-state index is 0.00670. The molecule has 10 heteroatoms. The molecule has 2 fully saturated rings. The van der Waals surface area contributed by atoms with Crippen LogP contribution >= 0.6 is 22.7 Å². The maximum absolute atomic E-state index is 9.33. The first-order chi connectivity index (χ1) is 20.5. The number of allylic oxidation sites excluding steroid dienone is 2. The highest BCUT2D eigenvalue weighted by Crippen LogP contribution is 2.59. The van der Waals surface area contributed by atoms with E-state index in [4.69, 9.17) is 19.4 Å². The summed E-state index contributed by atoms with van der Waals surface area (Å²) in [6.07, 6.45) is 13.1. The van der Waals surface area contributed by atoms with E-state index in [1.54, 1.807) is 0 Å². The van der Waals surface area contributed by atoms with Crippen molar-refractivity contribution >= 4 is 34.8 Å². The van der Waals surface area contributed by atoms with E-state index in [0.717, 1.165) is 96.2 Å². The molecule has 2 spiro atoms. The molecule has 0 bridgehead atoms. The van der Waals surface area contributed by atoms with Crippen LogP contribution in [-0.2, 0) is 11.2 Å². The van der Waals surface area contributed by atoms with E-state index in [1.165, 1.54) is 34.8 Å². The maximum atomic E-state index is 9.33. The second-order valence-electron chi connectivity index (χ2n) is 11.2. The van der Waals surface area contributed by atoms with Crippen LogP contribution in [0.2, 0.25) is 0 Å². The van der Waals surface area contributed by atoms with Gasteiger partial charge in [0.25, 0.3) is 0 Å². The molecule has 0 unspecified atom stereocenters. The summed E-state index contributed by atoms with van der Waals surface area (Å²) in [5.74, 6) is 1.13. The van der Waals surface area contributed by atoms with Gasteiger partial charge in [-0.05, 0) is 63.5 Å². The van der Waals surface area contributed by atoms with Crippen LogP contribution in [0.1, 0.15) is 85.4 Å². The minimum atomic E-state index is -0.516. The first-order valence-electron chi connectivity index (χ1n) is 14.1. The van der Waals surface area contributed by atoms with Crippen LogP contribution in [0.5, 0.6) is 11.8 Å². The molecule has 7 rings (SSSR count). The third kappa shape index (κ3) is 4.11. The van der Waals surface area contributed by atoms with E-state index >= 15 is 0 Å². The number of nitriles is 4.